The van der Waals surface area contributed by atoms with E-state index in [1.165, 1.54) is 9.80 Å². The van der Waals surface area contributed by atoms with Crippen molar-refractivity contribution in [2.45, 2.75) is 43.6 Å². The fourth-order valence-electron chi connectivity index (χ4n) is 7.06. The lowest BCUT2D eigenvalue weighted by molar-refractivity contribution is -0.157. The van der Waals surface area contributed by atoms with Gasteiger partial charge in [0.2, 0.25) is 5.91 Å². The Kier molecular flexibility index (Phi) is 6.76. The highest BCUT2D eigenvalue weighted by atomic mass is 16.5. The third-order valence-corrected chi connectivity index (χ3v) is 8.91. The Balaban J connectivity index is 1.68. The highest BCUT2D eigenvalue weighted by Gasteiger charge is 2.80. The van der Waals surface area contributed by atoms with Crippen LogP contribution in [0, 0.1) is 17.8 Å². The number of fused-ring (bicyclic) bond motifs is 1. The molecule has 2 N–H and O–H groups in total. The minimum Gasteiger partial charge on any atom is -0.497 e. The number of carbonyl (C=O) groups excluding carboxylic acids is 2. The van der Waals surface area contributed by atoms with Gasteiger partial charge in [-0.25, -0.2) is 0 Å². The number of rotatable bonds is 9. The number of methoxy groups -OCH3 is 1. The second-order valence-corrected chi connectivity index (χ2v) is 10.8. The van der Waals surface area contributed by atoms with Crippen molar-refractivity contribution in [1.82, 2.24) is 4.90 Å². The summed E-state index contributed by atoms with van der Waals surface area (Å²) in [5.41, 5.74) is -1.26. The maximum atomic E-state index is 14.7. The summed E-state index contributed by atoms with van der Waals surface area (Å²) in [4.78, 5) is 44.5. The average molecular weight is 535 g/mol. The lowest BCUT2D eigenvalue weighted by Crippen LogP contribution is -2.57. The van der Waals surface area contributed by atoms with Gasteiger partial charge in [0.05, 0.1) is 31.3 Å². The first-order valence-electron chi connectivity index (χ1n) is 13.1. The number of carboxylic acids is 1. The molecule has 7 atom stereocenters. The van der Waals surface area contributed by atoms with Crippen LogP contribution in [-0.4, -0.2) is 70.4 Å². The minimum atomic E-state index is -1.36. The van der Waals surface area contributed by atoms with Crippen LogP contribution in [-0.2, 0) is 19.1 Å². The number of aliphatic hydroxyl groups is 1. The van der Waals surface area contributed by atoms with Gasteiger partial charge >= 0.3 is 5.97 Å². The number of carbonyl (C=O) groups is 3. The molecule has 206 valence electrons. The molecule has 3 fully saturated rings. The predicted molar refractivity (Wildman–Crippen MR) is 143 cm³/mol. The van der Waals surface area contributed by atoms with Crippen molar-refractivity contribution in [2.24, 2.45) is 17.8 Å². The molecule has 0 saturated carbocycles. The first-order valence-corrected chi connectivity index (χ1v) is 13.1. The molecule has 2 aromatic carbocycles. The van der Waals surface area contributed by atoms with Crippen LogP contribution in [0.2, 0.25) is 0 Å². The first-order chi connectivity index (χ1) is 18.6. The number of ether oxygens (including phenoxy) is 2. The molecule has 3 unspecified atom stereocenters. The summed E-state index contributed by atoms with van der Waals surface area (Å²) in [6.45, 7) is 7.16. The van der Waals surface area contributed by atoms with Crippen LogP contribution in [0.25, 0.3) is 0 Å². The number of anilines is 1. The molecule has 3 saturated heterocycles. The van der Waals surface area contributed by atoms with Crippen molar-refractivity contribution in [2.75, 3.05) is 25.2 Å². The molecule has 5 rings (SSSR count). The molecule has 2 amide bonds. The van der Waals surface area contributed by atoms with E-state index in [2.05, 4.69) is 6.58 Å². The van der Waals surface area contributed by atoms with E-state index in [4.69, 9.17) is 9.47 Å². The van der Waals surface area contributed by atoms with Gasteiger partial charge in [-0.2, -0.15) is 0 Å². The normalized spacial score (nSPS) is 31.6. The number of nitrogens with zero attached hydrogens (tertiary/aromatic N) is 2. The zero-order chi connectivity index (χ0) is 28.1. The van der Waals surface area contributed by atoms with Crippen molar-refractivity contribution >= 4 is 23.5 Å². The number of likely N-dealkylation sites (tertiary alicyclic amines) is 1. The minimum absolute atomic E-state index is 0.148. The summed E-state index contributed by atoms with van der Waals surface area (Å²) in [6.07, 6.45) is 1.93. The number of aliphatic carboxylic acids is 1. The summed E-state index contributed by atoms with van der Waals surface area (Å²) in [6, 6.07) is 13.9. The molecule has 0 aromatic heterocycles. The maximum Gasteiger partial charge on any atom is 0.310 e. The van der Waals surface area contributed by atoms with E-state index in [9.17, 15) is 24.6 Å². The Hall–Kier alpha value is -3.69. The Bertz CT molecular complexity index is 1280. The Morgan fingerprint density at radius 1 is 1.23 bits per heavy atom. The van der Waals surface area contributed by atoms with Crippen molar-refractivity contribution < 1.29 is 34.1 Å². The fourth-order valence-corrected chi connectivity index (χ4v) is 7.06. The first kappa shape index (κ1) is 26.9. The lowest BCUT2D eigenvalue weighted by Gasteiger charge is -2.39. The SMILES string of the molecule is C=CCN(C(=O)C1N([C@H](CO)c2ccccc2)C(=O)[C@@H]2[C@H](C(=O)O)[C@@]3(C)OC12CC3C)c1ccc(OC)cc1. The van der Waals surface area contributed by atoms with Crippen LogP contribution < -0.4 is 9.64 Å². The maximum absolute atomic E-state index is 14.7. The number of amides is 2. The van der Waals surface area contributed by atoms with Crippen molar-refractivity contribution in [3.8, 4) is 5.75 Å². The van der Waals surface area contributed by atoms with E-state index in [0.29, 0.717) is 23.4 Å². The van der Waals surface area contributed by atoms with Gasteiger partial charge < -0.3 is 29.5 Å². The van der Waals surface area contributed by atoms with Crippen LogP contribution in [0.3, 0.4) is 0 Å². The van der Waals surface area contributed by atoms with Crippen molar-refractivity contribution in [1.29, 1.82) is 0 Å². The quantitative estimate of drug-likeness (QED) is 0.475. The van der Waals surface area contributed by atoms with E-state index < -0.39 is 59.5 Å². The molecule has 2 aromatic rings. The third kappa shape index (κ3) is 3.86. The largest absolute Gasteiger partial charge is 0.497 e. The predicted octanol–water partition coefficient (Wildman–Crippen LogP) is 3.04. The second-order valence-electron chi connectivity index (χ2n) is 10.8. The molecule has 0 aliphatic carbocycles. The number of benzene rings is 2. The van der Waals surface area contributed by atoms with Crippen molar-refractivity contribution in [3.63, 3.8) is 0 Å². The standard InChI is InChI=1S/C30H34N2O7/c1-5-15-31(20-11-13-21(38-4)14-12-20)27(35)25-30-16-18(2)29(3,39-30)24(28(36)37)23(30)26(34)32(25)22(17-33)19-9-7-6-8-10-19/h5-14,18,22-25,33H,1,15-17H2,2-4H3,(H,36,37)/t18?,22-,23+,24-,25?,29+,30?/m1/s1. The molecule has 9 nitrogen and oxygen atoms in total. The number of aliphatic hydroxyl groups excluding tert-OH is 1. The summed E-state index contributed by atoms with van der Waals surface area (Å²) in [5.74, 6) is -3.83. The lowest BCUT2D eigenvalue weighted by atomic mass is 9.62. The van der Waals surface area contributed by atoms with E-state index in [1.807, 2.05) is 13.0 Å². The van der Waals surface area contributed by atoms with Gasteiger partial charge in [-0.15, -0.1) is 6.58 Å². The van der Waals surface area contributed by atoms with Gasteiger partial charge in [-0.05, 0) is 49.1 Å². The zero-order valence-electron chi connectivity index (χ0n) is 22.3. The van der Waals surface area contributed by atoms with Gasteiger partial charge in [0.25, 0.3) is 5.91 Å². The number of hydrogen-bond acceptors (Lipinski definition) is 6. The van der Waals surface area contributed by atoms with E-state index >= 15 is 0 Å². The monoisotopic (exact) mass is 534 g/mol. The van der Waals surface area contributed by atoms with E-state index in [1.54, 1.807) is 68.6 Å². The Labute approximate surface area is 227 Å². The Morgan fingerprint density at radius 3 is 2.46 bits per heavy atom. The van der Waals surface area contributed by atoms with E-state index in [0.717, 1.165) is 0 Å². The summed E-state index contributed by atoms with van der Waals surface area (Å²) >= 11 is 0. The van der Waals surface area contributed by atoms with Gasteiger partial charge in [0.15, 0.2) is 0 Å². The van der Waals surface area contributed by atoms with Crippen LogP contribution >= 0.6 is 0 Å². The van der Waals surface area contributed by atoms with Crippen LogP contribution in [0.1, 0.15) is 31.9 Å². The molecule has 0 radical (unpaired) electrons. The molecule has 9 heteroatoms. The number of carboxylic acid groups (broad SMARTS) is 1. The van der Waals surface area contributed by atoms with E-state index in [-0.39, 0.29) is 12.5 Å². The molecule has 2 bridgehead atoms. The molecular weight excluding hydrogens is 500 g/mol. The molecular formula is C30H34N2O7. The molecule has 39 heavy (non-hydrogen) atoms. The third-order valence-electron chi connectivity index (χ3n) is 8.91. The van der Waals surface area contributed by atoms with Crippen LogP contribution in [0.4, 0.5) is 5.69 Å². The molecule has 3 aliphatic heterocycles. The van der Waals surface area contributed by atoms with Crippen LogP contribution in [0.5, 0.6) is 5.75 Å². The van der Waals surface area contributed by atoms with Gasteiger partial charge in [-0.3, -0.25) is 14.4 Å². The van der Waals surface area contributed by atoms with Gasteiger partial charge in [0, 0.05) is 12.2 Å². The topological polar surface area (TPSA) is 117 Å². The average Bonchev–Trinajstić information content (AvgIpc) is 3.45. The van der Waals surface area contributed by atoms with Gasteiger partial charge in [-0.1, -0.05) is 43.3 Å². The van der Waals surface area contributed by atoms with Gasteiger partial charge in [0.1, 0.15) is 23.3 Å². The smallest absolute Gasteiger partial charge is 0.310 e. The molecule has 3 aliphatic rings. The summed E-state index contributed by atoms with van der Waals surface area (Å²) in [5, 5.41) is 20.9. The highest BCUT2D eigenvalue weighted by molar-refractivity contribution is 6.05. The fraction of sp³-hybridized carbons (Fsp3) is 0.433. The Morgan fingerprint density at radius 2 is 1.90 bits per heavy atom. The molecule has 1 spiro atoms. The summed E-state index contributed by atoms with van der Waals surface area (Å²) < 4.78 is 11.9. The van der Waals surface area contributed by atoms with Crippen molar-refractivity contribution in [3.05, 3.63) is 72.8 Å². The number of hydrogen-bond donors (Lipinski definition) is 2. The second kappa shape index (κ2) is 9.81. The van der Waals surface area contributed by atoms with Crippen LogP contribution in [0.15, 0.2) is 67.3 Å². The highest BCUT2D eigenvalue weighted by Crippen LogP contribution is 2.66. The zero-order valence-corrected chi connectivity index (χ0v) is 22.3. The molecule has 3 heterocycles. The summed E-state index contributed by atoms with van der Waals surface area (Å²) in [7, 11) is 1.55.